The van der Waals surface area contributed by atoms with Crippen LogP contribution in [0.2, 0.25) is 0 Å². The molecule has 1 aliphatic rings. The molecule has 3 nitrogen and oxygen atoms in total. The van der Waals surface area contributed by atoms with Crippen LogP contribution in [0.15, 0.2) is 71.3 Å². The molecule has 0 spiro atoms. The normalized spacial score (nSPS) is 21.3. The van der Waals surface area contributed by atoms with Gasteiger partial charge in [0.1, 0.15) is 12.3 Å². The standard InChI is InChI=1S/C21H24BrNO2/c1-17(18-8-10-20(22)11-9-18)23-14-13-21(25-16-23,12-5-15-24)19-6-3-2-4-7-19/h2-4,6-11,13-14,17,24H,5,12,15-16H2,1H3/t17-,21+/m0/s1. The van der Waals surface area contributed by atoms with E-state index in [0.717, 1.165) is 16.5 Å². The van der Waals surface area contributed by atoms with Crippen LogP contribution in [0.3, 0.4) is 0 Å². The summed E-state index contributed by atoms with van der Waals surface area (Å²) in [6.07, 6.45) is 5.75. The van der Waals surface area contributed by atoms with E-state index in [1.54, 1.807) is 0 Å². The predicted octanol–water partition coefficient (Wildman–Crippen LogP) is 4.98. The first-order valence-corrected chi connectivity index (χ1v) is 9.45. The molecular formula is C21H24BrNO2. The zero-order valence-corrected chi connectivity index (χ0v) is 16.0. The van der Waals surface area contributed by atoms with Gasteiger partial charge >= 0.3 is 0 Å². The van der Waals surface area contributed by atoms with Crippen molar-refractivity contribution in [1.82, 2.24) is 4.90 Å². The maximum Gasteiger partial charge on any atom is 0.120 e. The highest BCUT2D eigenvalue weighted by Crippen LogP contribution is 2.37. The maximum absolute atomic E-state index is 9.28. The number of hydrogen-bond acceptors (Lipinski definition) is 3. The van der Waals surface area contributed by atoms with Gasteiger partial charge in [0.2, 0.25) is 0 Å². The molecule has 0 aliphatic carbocycles. The minimum atomic E-state index is -0.458. The van der Waals surface area contributed by atoms with Gasteiger partial charge in [0.05, 0.1) is 6.04 Å². The molecule has 2 aromatic rings. The van der Waals surface area contributed by atoms with Crippen LogP contribution in [0.25, 0.3) is 0 Å². The highest BCUT2D eigenvalue weighted by Gasteiger charge is 2.34. The number of aliphatic hydroxyl groups excluding tert-OH is 1. The van der Waals surface area contributed by atoms with E-state index in [1.165, 1.54) is 5.56 Å². The number of benzene rings is 2. The lowest BCUT2D eigenvalue weighted by molar-refractivity contribution is -0.0887. The molecule has 3 rings (SSSR count). The van der Waals surface area contributed by atoms with E-state index in [9.17, 15) is 5.11 Å². The number of nitrogens with zero attached hydrogens (tertiary/aromatic N) is 1. The molecule has 0 fully saturated rings. The summed E-state index contributed by atoms with van der Waals surface area (Å²) >= 11 is 3.48. The van der Waals surface area contributed by atoms with E-state index in [0.29, 0.717) is 13.2 Å². The molecule has 0 aromatic heterocycles. The second-order valence-corrected chi connectivity index (χ2v) is 7.33. The molecule has 0 saturated heterocycles. The SMILES string of the molecule is C[C@@H](c1ccc(Br)cc1)N1C=C[C@](CCCO)(c2ccccc2)OC1. The molecule has 1 N–H and O–H groups in total. The summed E-state index contributed by atoms with van der Waals surface area (Å²) in [5.74, 6) is 0. The summed E-state index contributed by atoms with van der Waals surface area (Å²) in [7, 11) is 0. The highest BCUT2D eigenvalue weighted by atomic mass is 79.9. The first-order chi connectivity index (χ1) is 12.1. The number of hydrogen-bond donors (Lipinski definition) is 1. The first-order valence-electron chi connectivity index (χ1n) is 8.65. The molecule has 2 aromatic carbocycles. The van der Waals surface area contributed by atoms with Crippen molar-refractivity contribution in [2.45, 2.75) is 31.4 Å². The zero-order valence-electron chi connectivity index (χ0n) is 14.4. The van der Waals surface area contributed by atoms with Crippen LogP contribution in [0.5, 0.6) is 0 Å². The molecule has 25 heavy (non-hydrogen) atoms. The fourth-order valence-electron chi connectivity index (χ4n) is 3.21. The number of ether oxygens (including phenoxy) is 1. The molecule has 0 unspecified atom stereocenters. The van der Waals surface area contributed by atoms with Crippen molar-refractivity contribution in [3.05, 3.63) is 82.5 Å². The van der Waals surface area contributed by atoms with Crippen LogP contribution in [-0.2, 0) is 10.3 Å². The van der Waals surface area contributed by atoms with E-state index in [2.05, 4.69) is 76.4 Å². The zero-order chi connectivity index (χ0) is 17.7. The van der Waals surface area contributed by atoms with Gasteiger partial charge in [-0.25, -0.2) is 0 Å². The largest absolute Gasteiger partial charge is 0.396 e. The minimum absolute atomic E-state index is 0.171. The van der Waals surface area contributed by atoms with Crippen LogP contribution >= 0.6 is 15.9 Å². The van der Waals surface area contributed by atoms with Crippen molar-refractivity contribution in [2.24, 2.45) is 0 Å². The Balaban J connectivity index is 1.81. The quantitative estimate of drug-likeness (QED) is 0.740. The van der Waals surface area contributed by atoms with Crippen molar-refractivity contribution < 1.29 is 9.84 Å². The van der Waals surface area contributed by atoms with Gasteiger partial charge in [-0.15, -0.1) is 0 Å². The summed E-state index contributed by atoms with van der Waals surface area (Å²) < 4.78 is 7.44. The predicted molar refractivity (Wildman–Crippen MR) is 104 cm³/mol. The molecule has 4 heteroatoms. The third kappa shape index (κ3) is 4.14. The summed E-state index contributed by atoms with van der Waals surface area (Å²) in [4.78, 5) is 2.20. The van der Waals surface area contributed by atoms with Crippen molar-refractivity contribution in [1.29, 1.82) is 0 Å². The van der Waals surface area contributed by atoms with Crippen molar-refractivity contribution in [3.63, 3.8) is 0 Å². The molecule has 2 atom stereocenters. The van der Waals surface area contributed by atoms with E-state index >= 15 is 0 Å². The molecule has 0 amide bonds. The van der Waals surface area contributed by atoms with Crippen LogP contribution < -0.4 is 0 Å². The van der Waals surface area contributed by atoms with Gasteiger partial charge in [-0.2, -0.15) is 0 Å². The van der Waals surface area contributed by atoms with Gasteiger partial charge in [-0.1, -0.05) is 58.4 Å². The van der Waals surface area contributed by atoms with Crippen molar-refractivity contribution >= 4 is 15.9 Å². The summed E-state index contributed by atoms with van der Waals surface area (Å²) in [6, 6.07) is 18.9. The van der Waals surface area contributed by atoms with Crippen LogP contribution in [0, 0.1) is 0 Å². The Morgan fingerprint density at radius 3 is 2.48 bits per heavy atom. The molecule has 132 valence electrons. The highest BCUT2D eigenvalue weighted by molar-refractivity contribution is 9.10. The fraction of sp³-hybridized carbons (Fsp3) is 0.333. The Morgan fingerprint density at radius 1 is 1.16 bits per heavy atom. The third-order valence-corrected chi connectivity index (χ3v) is 5.35. The minimum Gasteiger partial charge on any atom is -0.396 e. The maximum atomic E-state index is 9.28. The molecule has 0 radical (unpaired) electrons. The molecule has 1 aliphatic heterocycles. The Kier molecular flexibility index (Phi) is 5.94. The Morgan fingerprint density at radius 2 is 1.88 bits per heavy atom. The number of rotatable bonds is 6. The van der Waals surface area contributed by atoms with Gasteiger partial charge < -0.3 is 14.7 Å². The summed E-state index contributed by atoms with van der Waals surface area (Å²) in [5.41, 5.74) is 1.93. The fourth-order valence-corrected chi connectivity index (χ4v) is 3.48. The Labute approximate surface area is 158 Å². The van der Waals surface area contributed by atoms with Gasteiger partial charge in [-0.05, 0) is 49.1 Å². The molecular weight excluding hydrogens is 378 g/mol. The number of aliphatic hydroxyl groups is 1. The number of halogens is 1. The lowest BCUT2D eigenvalue weighted by Crippen LogP contribution is -2.38. The smallest absolute Gasteiger partial charge is 0.120 e. The monoisotopic (exact) mass is 401 g/mol. The summed E-state index contributed by atoms with van der Waals surface area (Å²) in [5, 5.41) is 9.28. The van der Waals surface area contributed by atoms with Crippen LogP contribution in [-0.4, -0.2) is 23.3 Å². The average Bonchev–Trinajstić information content (AvgIpc) is 2.67. The third-order valence-electron chi connectivity index (χ3n) is 4.83. The van der Waals surface area contributed by atoms with Crippen LogP contribution in [0.1, 0.15) is 36.9 Å². The van der Waals surface area contributed by atoms with Gasteiger partial charge in [-0.3, -0.25) is 0 Å². The molecule has 1 heterocycles. The van der Waals surface area contributed by atoms with E-state index < -0.39 is 5.60 Å². The van der Waals surface area contributed by atoms with Crippen molar-refractivity contribution in [3.8, 4) is 0 Å². The van der Waals surface area contributed by atoms with Crippen LogP contribution in [0.4, 0.5) is 0 Å². The lowest BCUT2D eigenvalue weighted by atomic mass is 9.88. The Bertz CT molecular complexity index is 702. The summed E-state index contributed by atoms with van der Waals surface area (Å²) in [6.45, 7) is 2.87. The Hall–Kier alpha value is -1.62. The van der Waals surface area contributed by atoms with E-state index in [-0.39, 0.29) is 12.6 Å². The second-order valence-electron chi connectivity index (χ2n) is 6.41. The van der Waals surface area contributed by atoms with Gasteiger partial charge in [0, 0.05) is 17.3 Å². The second kappa shape index (κ2) is 8.17. The van der Waals surface area contributed by atoms with Gasteiger partial charge in [0.15, 0.2) is 0 Å². The van der Waals surface area contributed by atoms with Gasteiger partial charge in [0.25, 0.3) is 0 Å². The lowest BCUT2D eigenvalue weighted by Gasteiger charge is -2.40. The van der Waals surface area contributed by atoms with Crippen molar-refractivity contribution in [2.75, 3.05) is 13.3 Å². The topological polar surface area (TPSA) is 32.7 Å². The van der Waals surface area contributed by atoms with E-state index in [4.69, 9.17) is 4.74 Å². The average molecular weight is 402 g/mol. The molecule has 0 saturated carbocycles. The molecule has 0 bridgehead atoms. The first kappa shape index (κ1) is 18.2. The van der Waals surface area contributed by atoms with E-state index in [1.807, 2.05) is 18.2 Å².